The lowest BCUT2D eigenvalue weighted by atomic mass is 10.1. The van der Waals surface area contributed by atoms with Gasteiger partial charge in [0.1, 0.15) is 5.52 Å². The summed E-state index contributed by atoms with van der Waals surface area (Å²) >= 11 is 0. The van der Waals surface area contributed by atoms with Crippen LogP contribution in [0.4, 0.5) is 5.69 Å². The second-order valence-corrected chi connectivity index (χ2v) is 5.66. The maximum absolute atomic E-state index is 12.0. The van der Waals surface area contributed by atoms with Crippen LogP contribution < -0.4 is 4.90 Å². The first kappa shape index (κ1) is 14.8. The minimum atomic E-state index is -0.337. The molecule has 1 aromatic heterocycles. The third-order valence-corrected chi connectivity index (χ3v) is 4.27. The third kappa shape index (κ3) is 2.54. The number of rotatable bonds is 3. The van der Waals surface area contributed by atoms with E-state index in [-0.39, 0.29) is 5.97 Å². The summed E-state index contributed by atoms with van der Waals surface area (Å²) in [4.78, 5) is 16.7. The molecule has 1 aliphatic heterocycles. The molecule has 0 N–H and O–H groups in total. The monoisotopic (exact) mass is 302 g/mol. The fraction of sp³-hybridized carbons (Fsp3) is 0.500. The molecule has 0 spiro atoms. The number of hydrogen-bond acceptors (Lipinski definition) is 5. The number of piperazine rings is 1. The Morgan fingerprint density at radius 1 is 1.27 bits per heavy atom. The number of likely N-dealkylation sites (N-methyl/N-ethyl adjacent to an activating group) is 1. The molecule has 2 aromatic rings. The molecule has 0 bridgehead atoms. The zero-order valence-electron chi connectivity index (χ0n) is 13.4. The first-order chi connectivity index (χ1) is 10.6. The van der Waals surface area contributed by atoms with Crippen molar-refractivity contribution in [3.63, 3.8) is 0 Å². The molecule has 0 aliphatic carbocycles. The van der Waals surface area contributed by atoms with Gasteiger partial charge in [0, 0.05) is 50.0 Å². The number of nitrogens with zero attached hydrogens (tertiary/aromatic N) is 4. The van der Waals surface area contributed by atoms with E-state index in [0.29, 0.717) is 5.56 Å². The van der Waals surface area contributed by atoms with Gasteiger partial charge in [0.25, 0.3) is 0 Å². The molecule has 2 heterocycles. The van der Waals surface area contributed by atoms with Gasteiger partial charge in [-0.05, 0) is 26.1 Å². The minimum absolute atomic E-state index is 0.337. The van der Waals surface area contributed by atoms with Crippen molar-refractivity contribution < 1.29 is 9.53 Å². The van der Waals surface area contributed by atoms with E-state index in [9.17, 15) is 4.79 Å². The van der Waals surface area contributed by atoms with E-state index in [1.165, 1.54) is 7.11 Å². The quantitative estimate of drug-likeness (QED) is 0.806. The minimum Gasteiger partial charge on any atom is -0.465 e. The first-order valence-corrected chi connectivity index (χ1v) is 7.66. The molecular weight excluding hydrogens is 280 g/mol. The van der Waals surface area contributed by atoms with E-state index >= 15 is 0 Å². The van der Waals surface area contributed by atoms with Crippen LogP contribution in [0.1, 0.15) is 17.3 Å². The van der Waals surface area contributed by atoms with Gasteiger partial charge >= 0.3 is 5.97 Å². The largest absolute Gasteiger partial charge is 0.465 e. The summed E-state index contributed by atoms with van der Waals surface area (Å²) in [6.07, 6.45) is 2.02. The summed E-state index contributed by atoms with van der Waals surface area (Å²) in [5.41, 5.74) is 2.41. The normalized spacial score (nSPS) is 16.2. The Balaban J connectivity index is 2.08. The van der Waals surface area contributed by atoms with Gasteiger partial charge in [-0.2, -0.15) is 5.10 Å². The summed E-state index contributed by atoms with van der Waals surface area (Å²) in [5, 5.41) is 5.57. The van der Waals surface area contributed by atoms with Crippen LogP contribution in [0.25, 0.3) is 10.9 Å². The number of benzene rings is 1. The molecule has 1 aromatic carbocycles. The van der Waals surface area contributed by atoms with Crippen molar-refractivity contribution in [3.05, 3.63) is 23.9 Å². The van der Waals surface area contributed by atoms with Crippen LogP contribution in [0.3, 0.4) is 0 Å². The molecule has 0 amide bonds. The van der Waals surface area contributed by atoms with Crippen molar-refractivity contribution in [1.29, 1.82) is 0 Å². The van der Waals surface area contributed by atoms with Gasteiger partial charge in [-0.1, -0.05) is 0 Å². The van der Waals surface area contributed by atoms with Crippen LogP contribution in [0.2, 0.25) is 0 Å². The number of carbonyl (C=O) groups excluding carboxylic acids is 1. The first-order valence-electron chi connectivity index (χ1n) is 7.66. The van der Waals surface area contributed by atoms with Crippen LogP contribution in [-0.4, -0.2) is 61.0 Å². The Bertz CT molecular complexity index is 687. The predicted octanol–water partition coefficient (Wildman–Crippen LogP) is 1.59. The number of esters is 1. The highest BCUT2D eigenvalue weighted by atomic mass is 16.5. The number of carbonyl (C=O) groups is 1. The standard InChI is InChI=1S/C16H22N4O2/c1-4-20-11-13-14(19-9-7-18(2)8-10-19)6-5-12(15(13)17-20)16(21)22-3/h5-6,11H,4,7-10H2,1-3H3. The molecular formula is C16H22N4O2. The molecule has 0 radical (unpaired) electrons. The average molecular weight is 302 g/mol. The van der Waals surface area contributed by atoms with Gasteiger partial charge in [-0.15, -0.1) is 0 Å². The number of anilines is 1. The fourth-order valence-electron chi connectivity index (χ4n) is 2.90. The highest BCUT2D eigenvalue weighted by Gasteiger charge is 2.21. The molecule has 118 valence electrons. The second kappa shape index (κ2) is 5.96. The molecule has 1 aliphatic rings. The molecule has 3 rings (SSSR count). The van der Waals surface area contributed by atoms with E-state index in [1.807, 2.05) is 29.9 Å². The molecule has 0 atom stereocenters. The van der Waals surface area contributed by atoms with Crippen molar-refractivity contribution >= 4 is 22.6 Å². The Kier molecular flexibility index (Phi) is 4.02. The average Bonchev–Trinajstić information content (AvgIpc) is 2.98. The van der Waals surface area contributed by atoms with E-state index in [1.54, 1.807) is 0 Å². The molecule has 6 nitrogen and oxygen atoms in total. The van der Waals surface area contributed by atoms with Crippen molar-refractivity contribution in [2.24, 2.45) is 0 Å². The fourth-order valence-corrected chi connectivity index (χ4v) is 2.90. The number of ether oxygens (including phenoxy) is 1. The number of aryl methyl sites for hydroxylation is 1. The van der Waals surface area contributed by atoms with Crippen LogP contribution >= 0.6 is 0 Å². The molecule has 1 saturated heterocycles. The lowest BCUT2D eigenvalue weighted by Gasteiger charge is -2.34. The summed E-state index contributed by atoms with van der Waals surface area (Å²) in [7, 11) is 3.54. The predicted molar refractivity (Wildman–Crippen MR) is 86.5 cm³/mol. The third-order valence-electron chi connectivity index (χ3n) is 4.27. The van der Waals surface area contributed by atoms with Gasteiger partial charge in [-0.25, -0.2) is 4.79 Å². The lowest BCUT2D eigenvalue weighted by Crippen LogP contribution is -2.44. The summed E-state index contributed by atoms with van der Waals surface area (Å²) in [6, 6.07) is 3.84. The lowest BCUT2D eigenvalue weighted by molar-refractivity contribution is 0.0602. The van der Waals surface area contributed by atoms with Crippen LogP contribution in [0.5, 0.6) is 0 Å². The summed E-state index contributed by atoms with van der Waals surface area (Å²) < 4.78 is 6.75. The molecule has 0 saturated carbocycles. The van der Waals surface area contributed by atoms with Crippen LogP contribution in [0, 0.1) is 0 Å². The van der Waals surface area contributed by atoms with Crippen molar-refractivity contribution in [2.45, 2.75) is 13.5 Å². The van der Waals surface area contributed by atoms with Gasteiger partial charge in [0.15, 0.2) is 0 Å². The smallest absolute Gasteiger partial charge is 0.340 e. The summed E-state index contributed by atoms with van der Waals surface area (Å²) in [5.74, 6) is -0.337. The van der Waals surface area contributed by atoms with E-state index in [2.05, 4.69) is 21.9 Å². The maximum Gasteiger partial charge on any atom is 0.340 e. The van der Waals surface area contributed by atoms with Gasteiger partial charge in [0.05, 0.1) is 12.7 Å². The maximum atomic E-state index is 12.0. The highest BCUT2D eigenvalue weighted by molar-refractivity contribution is 6.06. The van der Waals surface area contributed by atoms with Crippen molar-refractivity contribution in [2.75, 3.05) is 45.2 Å². The van der Waals surface area contributed by atoms with Gasteiger partial charge < -0.3 is 14.5 Å². The number of aromatic nitrogens is 2. The Morgan fingerprint density at radius 2 is 2.00 bits per heavy atom. The SMILES string of the molecule is CCn1cc2c(N3CCN(C)CC3)ccc(C(=O)OC)c2n1. The molecule has 6 heteroatoms. The van der Waals surface area contributed by atoms with E-state index in [0.717, 1.165) is 49.3 Å². The molecule has 22 heavy (non-hydrogen) atoms. The zero-order chi connectivity index (χ0) is 15.7. The van der Waals surface area contributed by atoms with Gasteiger partial charge in [-0.3, -0.25) is 4.68 Å². The van der Waals surface area contributed by atoms with E-state index < -0.39 is 0 Å². The molecule has 1 fully saturated rings. The van der Waals surface area contributed by atoms with Crippen molar-refractivity contribution in [1.82, 2.24) is 14.7 Å². The Hall–Kier alpha value is -2.08. The van der Waals surface area contributed by atoms with Crippen LogP contribution in [-0.2, 0) is 11.3 Å². The Morgan fingerprint density at radius 3 is 2.64 bits per heavy atom. The van der Waals surface area contributed by atoms with Crippen LogP contribution in [0.15, 0.2) is 18.3 Å². The van der Waals surface area contributed by atoms with Gasteiger partial charge in [0.2, 0.25) is 0 Å². The topological polar surface area (TPSA) is 50.6 Å². The highest BCUT2D eigenvalue weighted by Crippen LogP contribution is 2.30. The van der Waals surface area contributed by atoms with Crippen molar-refractivity contribution in [3.8, 4) is 0 Å². The van der Waals surface area contributed by atoms with E-state index in [4.69, 9.17) is 4.74 Å². The Labute approximate surface area is 130 Å². The zero-order valence-corrected chi connectivity index (χ0v) is 13.4. The number of methoxy groups -OCH3 is 1. The number of hydrogen-bond donors (Lipinski definition) is 0. The molecule has 0 unspecified atom stereocenters. The summed E-state index contributed by atoms with van der Waals surface area (Å²) in [6.45, 7) is 6.88. The number of fused-ring (bicyclic) bond motifs is 1. The second-order valence-electron chi connectivity index (χ2n) is 5.66.